The van der Waals surface area contributed by atoms with Crippen molar-refractivity contribution in [3.63, 3.8) is 0 Å². The van der Waals surface area contributed by atoms with E-state index < -0.39 is 0 Å². The highest BCUT2D eigenvalue weighted by molar-refractivity contribution is 5.87. The Labute approximate surface area is 127 Å². The summed E-state index contributed by atoms with van der Waals surface area (Å²) in [7, 11) is 0. The van der Waals surface area contributed by atoms with Gasteiger partial charge in [0.25, 0.3) is 0 Å². The lowest BCUT2D eigenvalue weighted by atomic mass is 9.52. The smallest absolute Gasteiger partial charge is 0.139 e. The van der Waals surface area contributed by atoms with Gasteiger partial charge in [0.1, 0.15) is 5.78 Å². The van der Waals surface area contributed by atoms with Crippen molar-refractivity contribution in [2.75, 3.05) is 0 Å². The van der Waals surface area contributed by atoms with Crippen LogP contribution in [-0.4, -0.2) is 17.0 Å². The fraction of sp³-hybridized carbons (Fsp3) is 0.737. The molecule has 5 unspecified atom stereocenters. The van der Waals surface area contributed by atoms with Crippen molar-refractivity contribution in [2.45, 2.75) is 64.9 Å². The normalized spacial score (nSPS) is 48.9. The predicted molar refractivity (Wildman–Crippen MR) is 82.7 cm³/mol. The van der Waals surface area contributed by atoms with Crippen molar-refractivity contribution >= 4 is 5.78 Å². The van der Waals surface area contributed by atoms with Gasteiger partial charge in [-0.3, -0.25) is 4.79 Å². The number of carbonyl (C=O) groups is 1. The molecule has 0 spiro atoms. The van der Waals surface area contributed by atoms with Gasteiger partial charge in [0.15, 0.2) is 0 Å². The van der Waals surface area contributed by atoms with Crippen LogP contribution < -0.4 is 0 Å². The fourth-order valence-electron chi connectivity index (χ4n) is 5.73. The number of Topliss-reactive ketones (excluding diaryl/α,β-unsaturated/α-hetero) is 1. The van der Waals surface area contributed by atoms with Gasteiger partial charge in [0.2, 0.25) is 0 Å². The van der Waals surface area contributed by atoms with Gasteiger partial charge >= 0.3 is 0 Å². The average Bonchev–Trinajstić information content (AvgIpc) is 2.76. The second-order valence-electron chi connectivity index (χ2n) is 8.15. The van der Waals surface area contributed by atoms with Gasteiger partial charge in [-0.25, -0.2) is 0 Å². The Morgan fingerprint density at radius 2 is 2.05 bits per heavy atom. The molecule has 0 bridgehead atoms. The molecular formula is C19H26O2. The molecule has 0 radical (unpaired) electrons. The molecule has 4 aliphatic carbocycles. The molecule has 4 rings (SSSR count). The maximum absolute atomic E-state index is 12.3. The topological polar surface area (TPSA) is 37.3 Å². The Balaban J connectivity index is 1.75. The Bertz CT molecular complexity index is 558. The van der Waals surface area contributed by atoms with Crippen molar-refractivity contribution in [1.29, 1.82) is 0 Å². The van der Waals surface area contributed by atoms with E-state index in [1.165, 1.54) is 5.57 Å². The summed E-state index contributed by atoms with van der Waals surface area (Å²) < 4.78 is 0. The lowest BCUT2D eigenvalue weighted by Crippen LogP contribution is -2.44. The van der Waals surface area contributed by atoms with Crippen LogP contribution in [0.5, 0.6) is 0 Å². The summed E-state index contributed by atoms with van der Waals surface area (Å²) >= 11 is 0. The van der Waals surface area contributed by atoms with Crippen LogP contribution in [0.2, 0.25) is 0 Å². The van der Waals surface area contributed by atoms with E-state index in [2.05, 4.69) is 26.0 Å². The predicted octanol–water partition coefficient (Wildman–Crippen LogP) is 3.80. The quantitative estimate of drug-likeness (QED) is 0.688. The van der Waals surface area contributed by atoms with Crippen LogP contribution in [0.15, 0.2) is 23.3 Å². The zero-order chi connectivity index (χ0) is 14.8. The van der Waals surface area contributed by atoms with Gasteiger partial charge in [0.05, 0.1) is 6.10 Å². The third kappa shape index (κ3) is 1.72. The fourth-order valence-corrected chi connectivity index (χ4v) is 5.73. The number of ketones is 1. The van der Waals surface area contributed by atoms with Crippen LogP contribution in [-0.2, 0) is 4.79 Å². The van der Waals surface area contributed by atoms with Gasteiger partial charge in [0, 0.05) is 17.3 Å². The van der Waals surface area contributed by atoms with Crippen LogP contribution in [0.3, 0.4) is 0 Å². The highest BCUT2D eigenvalue weighted by atomic mass is 16.3. The number of allylic oxidation sites excluding steroid dienone is 3. The highest BCUT2D eigenvalue weighted by Crippen LogP contribution is 2.61. The third-order valence-corrected chi connectivity index (χ3v) is 7.17. The first-order chi connectivity index (χ1) is 9.95. The van der Waals surface area contributed by atoms with Gasteiger partial charge in [-0.15, -0.1) is 0 Å². The lowest BCUT2D eigenvalue weighted by molar-refractivity contribution is -0.127. The molecule has 4 aliphatic rings. The molecule has 2 fully saturated rings. The first kappa shape index (κ1) is 13.8. The molecule has 21 heavy (non-hydrogen) atoms. The van der Waals surface area contributed by atoms with Crippen molar-refractivity contribution < 1.29 is 9.90 Å². The van der Waals surface area contributed by atoms with E-state index in [0.717, 1.165) is 44.9 Å². The summed E-state index contributed by atoms with van der Waals surface area (Å²) in [6.45, 7) is 4.58. The summed E-state index contributed by atoms with van der Waals surface area (Å²) in [5.41, 5.74) is 3.12. The third-order valence-electron chi connectivity index (χ3n) is 7.17. The molecular weight excluding hydrogens is 260 g/mol. The van der Waals surface area contributed by atoms with Gasteiger partial charge in [-0.1, -0.05) is 37.1 Å². The molecule has 0 amide bonds. The summed E-state index contributed by atoms with van der Waals surface area (Å²) in [5, 5.41) is 9.98. The standard InChI is InChI=1S/C19H26O2/c1-18-9-7-13(20)11-12(18)3-4-14-15-5-6-17(21)19(15,2)10-8-16(14)18/h3,8,13-15,20H,4-7,9-11H2,1-2H3. The second kappa shape index (κ2) is 4.32. The van der Waals surface area contributed by atoms with Crippen molar-refractivity contribution in [3.05, 3.63) is 23.3 Å². The summed E-state index contributed by atoms with van der Waals surface area (Å²) in [4.78, 5) is 12.3. The van der Waals surface area contributed by atoms with E-state index in [9.17, 15) is 9.90 Å². The van der Waals surface area contributed by atoms with Crippen molar-refractivity contribution in [3.8, 4) is 0 Å². The molecule has 0 aromatic carbocycles. The van der Waals surface area contributed by atoms with Crippen molar-refractivity contribution in [1.82, 2.24) is 0 Å². The minimum atomic E-state index is -0.150. The number of aliphatic hydroxyl groups excluding tert-OH is 1. The molecule has 2 heteroatoms. The lowest BCUT2D eigenvalue weighted by Gasteiger charge is -2.52. The highest BCUT2D eigenvalue weighted by Gasteiger charge is 2.55. The van der Waals surface area contributed by atoms with Crippen LogP contribution in [0, 0.1) is 22.7 Å². The van der Waals surface area contributed by atoms with Crippen molar-refractivity contribution in [2.24, 2.45) is 22.7 Å². The molecule has 1 N–H and O–H groups in total. The molecule has 114 valence electrons. The molecule has 2 saturated carbocycles. The number of rotatable bonds is 0. The zero-order valence-electron chi connectivity index (χ0n) is 13.2. The van der Waals surface area contributed by atoms with E-state index in [-0.39, 0.29) is 16.9 Å². The van der Waals surface area contributed by atoms with Gasteiger partial charge in [-0.05, 0) is 50.4 Å². The monoisotopic (exact) mass is 286 g/mol. The molecule has 0 aromatic rings. The number of fused-ring (bicyclic) bond motifs is 5. The number of hydrogen-bond acceptors (Lipinski definition) is 2. The molecule has 5 atom stereocenters. The van der Waals surface area contributed by atoms with E-state index in [4.69, 9.17) is 0 Å². The summed E-state index contributed by atoms with van der Waals surface area (Å²) in [6.07, 6.45) is 11.4. The Morgan fingerprint density at radius 3 is 2.86 bits per heavy atom. The van der Waals surface area contributed by atoms with Crippen LogP contribution in [0.25, 0.3) is 0 Å². The molecule has 0 aromatic heterocycles. The number of hydrogen-bond donors (Lipinski definition) is 1. The van der Waals surface area contributed by atoms with E-state index in [1.807, 2.05) is 0 Å². The van der Waals surface area contributed by atoms with Gasteiger partial charge in [-0.2, -0.15) is 0 Å². The number of aliphatic hydroxyl groups is 1. The molecule has 0 aliphatic heterocycles. The van der Waals surface area contributed by atoms with E-state index in [0.29, 0.717) is 17.6 Å². The molecule has 0 heterocycles. The van der Waals surface area contributed by atoms with E-state index in [1.54, 1.807) is 5.57 Å². The minimum absolute atomic E-state index is 0.0932. The Kier molecular flexibility index (Phi) is 2.83. The largest absolute Gasteiger partial charge is 0.393 e. The SMILES string of the molecule is CC12CCC(O)CC1=CCC1C2=CCC2(C)C(=O)CCC12. The second-order valence-corrected chi connectivity index (χ2v) is 8.15. The Hall–Kier alpha value is -0.890. The summed E-state index contributed by atoms with van der Waals surface area (Å²) in [5.74, 6) is 1.60. The average molecular weight is 286 g/mol. The zero-order valence-corrected chi connectivity index (χ0v) is 13.2. The minimum Gasteiger partial charge on any atom is -0.393 e. The van der Waals surface area contributed by atoms with Gasteiger partial charge < -0.3 is 5.11 Å². The molecule has 0 saturated heterocycles. The maximum Gasteiger partial charge on any atom is 0.139 e. The van der Waals surface area contributed by atoms with Crippen LogP contribution in [0.1, 0.15) is 58.8 Å². The first-order valence-electron chi connectivity index (χ1n) is 8.56. The first-order valence-corrected chi connectivity index (χ1v) is 8.56. The van der Waals surface area contributed by atoms with Crippen LogP contribution in [0.4, 0.5) is 0 Å². The van der Waals surface area contributed by atoms with Crippen LogP contribution >= 0.6 is 0 Å². The maximum atomic E-state index is 12.3. The number of carbonyl (C=O) groups excluding carboxylic acids is 1. The summed E-state index contributed by atoms with van der Waals surface area (Å²) in [6, 6.07) is 0. The Morgan fingerprint density at radius 1 is 1.24 bits per heavy atom. The molecule has 2 nitrogen and oxygen atoms in total. The van der Waals surface area contributed by atoms with E-state index >= 15 is 0 Å².